The van der Waals surface area contributed by atoms with Crippen molar-refractivity contribution < 1.29 is 9.69 Å². The zero-order valence-corrected chi connectivity index (χ0v) is 15.4. The Labute approximate surface area is 154 Å². The smallest absolute Gasteiger partial charge is 0.0584 e. The molecule has 8 heteroatoms. The van der Waals surface area contributed by atoms with Crippen LogP contribution in [0.5, 0.6) is 0 Å². The van der Waals surface area contributed by atoms with E-state index < -0.39 is 10.8 Å². The number of unbranched alkanes of at least 4 members (excludes halogenated alkanes) is 2. The first kappa shape index (κ1) is 33.6. The summed E-state index contributed by atoms with van der Waals surface area (Å²) in [6.45, 7) is 1.57. The van der Waals surface area contributed by atoms with Gasteiger partial charge in [0.1, 0.15) is 0 Å². The molecule has 1 unspecified atom stereocenters. The minimum Gasteiger partial charge on any atom is -0.412 e. The molecule has 0 radical (unpaired) electrons. The molecule has 0 amide bonds. The highest BCUT2D eigenvalue weighted by molar-refractivity contribution is 7.98. The molecule has 0 aliphatic heterocycles. The Kier molecular flexibility index (Phi) is 50.2. The molecular formula is C14H32N2O2S4. The highest BCUT2D eigenvalue weighted by Crippen LogP contribution is 1.98. The van der Waals surface area contributed by atoms with Gasteiger partial charge in [-0.3, -0.25) is 4.21 Å². The Morgan fingerprint density at radius 2 is 1.45 bits per heavy atom. The van der Waals surface area contributed by atoms with Gasteiger partial charge in [0.2, 0.25) is 0 Å². The lowest BCUT2D eigenvalue weighted by Gasteiger charge is -1.92. The number of nitrogens with zero attached hydrogens (tertiary/aromatic N) is 2. The molecule has 2 N–H and O–H groups in total. The fraction of sp³-hybridized carbons (Fsp3) is 0.857. The predicted molar refractivity (Wildman–Crippen MR) is 113 cm³/mol. The van der Waals surface area contributed by atoms with Crippen LogP contribution in [-0.2, 0) is 10.8 Å². The maximum Gasteiger partial charge on any atom is 0.0584 e. The molecule has 0 aromatic heterocycles. The van der Waals surface area contributed by atoms with Gasteiger partial charge in [-0.2, -0.15) is 11.8 Å². The van der Waals surface area contributed by atoms with E-state index in [1.165, 1.54) is 12.2 Å². The summed E-state index contributed by atoms with van der Waals surface area (Å²) in [5.74, 6) is 2.00. The number of thiocarbonyl (C=S) groups is 2. The lowest BCUT2D eigenvalue weighted by atomic mass is 10.3. The van der Waals surface area contributed by atoms with E-state index in [1.54, 1.807) is 6.26 Å². The van der Waals surface area contributed by atoms with Gasteiger partial charge in [-0.05, 0) is 62.1 Å². The normalized spacial score (nSPS) is 9.00. The summed E-state index contributed by atoms with van der Waals surface area (Å²) in [5.41, 5.74) is 0. The van der Waals surface area contributed by atoms with Gasteiger partial charge >= 0.3 is 0 Å². The number of rotatable bonds is 10. The zero-order chi connectivity index (χ0) is 14.8. The standard InChI is InChI=1S/C6H11NOS2.C6H11NS2.2CH4.H2O/c1-10(8)5-3-2-4-7-6-9;1-9-5-3-2-4-7-6-8;;;/h2-5H2,1H3;2-5H2,1H3;2*1H4;1H2. The number of aliphatic imine (C=N–C) groups is 2. The maximum absolute atomic E-state index is 10.5. The molecule has 134 valence electrons. The molecule has 0 fully saturated rings. The van der Waals surface area contributed by atoms with Crippen molar-refractivity contribution in [1.82, 2.24) is 0 Å². The van der Waals surface area contributed by atoms with E-state index in [1.807, 2.05) is 11.8 Å². The van der Waals surface area contributed by atoms with Crippen LogP contribution < -0.4 is 0 Å². The van der Waals surface area contributed by atoms with Gasteiger partial charge in [0.15, 0.2) is 0 Å². The highest BCUT2D eigenvalue weighted by Gasteiger charge is 1.89. The van der Waals surface area contributed by atoms with Gasteiger partial charge in [0.25, 0.3) is 0 Å². The summed E-state index contributed by atoms with van der Waals surface area (Å²) in [5, 5.41) is 4.63. The van der Waals surface area contributed by atoms with Crippen molar-refractivity contribution in [3.8, 4) is 0 Å². The van der Waals surface area contributed by atoms with E-state index in [0.29, 0.717) is 0 Å². The second-order valence-corrected chi connectivity index (χ2v) is 6.54. The summed E-state index contributed by atoms with van der Waals surface area (Å²) in [6.07, 6.45) is 8.13. The van der Waals surface area contributed by atoms with Crippen LogP contribution in [0.2, 0.25) is 0 Å². The van der Waals surface area contributed by atoms with E-state index in [-0.39, 0.29) is 20.3 Å². The molecule has 22 heavy (non-hydrogen) atoms. The van der Waals surface area contributed by atoms with Crippen LogP contribution in [0.4, 0.5) is 0 Å². The first-order chi connectivity index (χ1) is 9.18. The third-order valence-corrected chi connectivity index (χ3v) is 3.77. The van der Waals surface area contributed by atoms with Crippen LogP contribution in [0.1, 0.15) is 40.5 Å². The molecule has 0 saturated heterocycles. The second-order valence-electron chi connectivity index (χ2n) is 3.63. The molecular weight excluding hydrogens is 356 g/mol. The summed E-state index contributed by atoms with van der Waals surface area (Å²) in [6, 6.07) is 0. The molecule has 0 saturated carbocycles. The van der Waals surface area contributed by atoms with Gasteiger partial charge in [0, 0.05) is 35.9 Å². The van der Waals surface area contributed by atoms with Crippen LogP contribution in [0.25, 0.3) is 0 Å². The Hall–Kier alpha value is 0.0600. The Morgan fingerprint density at radius 1 is 1.00 bits per heavy atom. The summed E-state index contributed by atoms with van der Waals surface area (Å²) < 4.78 is 10.5. The van der Waals surface area contributed by atoms with E-state index in [4.69, 9.17) is 0 Å². The largest absolute Gasteiger partial charge is 0.412 e. The van der Waals surface area contributed by atoms with Gasteiger partial charge in [-0.1, -0.05) is 14.9 Å². The first-order valence-corrected chi connectivity index (χ1v) is 9.99. The lowest BCUT2D eigenvalue weighted by Crippen LogP contribution is -1.94. The van der Waals surface area contributed by atoms with Crippen molar-refractivity contribution >= 4 is 57.3 Å². The number of hydrogen-bond acceptors (Lipinski definition) is 6. The monoisotopic (exact) mass is 388 g/mol. The minimum absolute atomic E-state index is 0. The second kappa shape index (κ2) is 32.9. The number of thioether (sulfide) groups is 1. The average Bonchev–Trinajstić information content (AvgIpc) is 2.39. The van der Waals surface area contributed by atoms with Crippen molar-refractivity contribution in [2.75, 3.05) is 37.1 Å². The molecule has 0 bridgehead atoms. The highest BCUT2D eigenvalue weighted by atomic mass is 32.2. The van der Waals surface area contributed by atoms with Crippen LogP contribution >= 0.6 is 36.2 Å². The molecule has 0 rings (SSSR count). The topological polar surface area (TPSA) is 73.3 Å². The Morgan fingerprint density at radius 3 is 1.82 bits per heavy atom. The minimum atomic E-state index is -0.659. The van der Waals surface area contributed by atoms with Gasteiger partial charge in [-0.15, -0.1) is 0 Å². The third-order valence-electron chi connectivity index (χ3n) is 1.95. The Balaban J connectivity index is -0.0000000774. The molecule has 0 aromatic rings. The number of isothiocyanates is 2. The molecule has 0 aromatic carbocycles. The molecule has 4 nitrogen and oxygen atoms in total. The number of hydrogen-bond donors (Lipinski definition) is 0. The maximum atomic E-state index is 10.5. The van der Waals surface area contributed by atoms with Crippen molar-refractivity contribution in [3.05, 3.63) is 0 Å². The fourth-order valence-corrected chi connectivity index (χ4v) is 2.31. The van der Waals surface area contributed by atoms with Gasteiger partial charge < -0.3 is 5.48 Å². The predicted octanol–water partition coefficient (Wildman–Crippen LogP) is 3.93. The van der Waals surface area contributed by atoms with Gasteiger partial charge in [-0.25, -0.2) is 9.98 Å². The van der Waals surface area contributed by atoms with Crippen LogP contribution in [0.15, 0.2) is 9.98 Å². The molecule has 0 aliphatic rings. The van der Waals surface area contributed by atoms with Crippen molar-refractivity contribution in [2.24, 2.45) is 9.98 Å². The fourth-order valence-electron chi connectivity index (χ4n) is 1.02. The van der Waals surface area contributed by atoms with Gasteiger partial charge in [0.05, 0.1) is 10.3 Å². The lowest BCUT2D eigenvalue weighted by molar-refractivity contribution is 0.682. The van der Waals surface area contributed by atoms with Crippen molar-refractivity contribution in [2.45, 2.75) is 40.5 Å². The van der Waals surface area contributed by atoms with Crippen molar-refractivity contribution in [1.29, 1.82) is 0 Å². The summed E-state index contributed by atoms with van der Waals surface area (Å²) in [7, 11) is -0.659. The van der Waals surface area contributed by atoms with E-state index in [0.717, 1.165) is 38.1 Å². The van der Waals surface area contributed by atoms with E-state index in [2.05, 4.69) is 51.0 Å². The van der Waals surface area contributed by atoms with E-state index >= 15 is 0 Å². The van der Waals surface area contributed by atoms with Crippen LogP contribution in [-0.4, -0.2) is 57.1 Å². The summed E-state index contributed by atoms with van der Waals surface area (Å²) >= 11 is 10.7. The molecule has 0 heterocycles. The zero-order valence-electron chi connectivity index (χ0n) is 12.1. The van der Waals surface area contributed by atoms with E-state index in [9.17, 15) is 4.21 Å². The van der Waals surface area contributed by atoms with Crippen LogP contribution in [0.3, 0.4) is 0 Å². The summed E-state index contributed by atoms with van der Waals surface area (Å²) in [4.78, 5) is 7.53. The first-order valence-electron chi connectivity index (χ1n) is 6.05. The molecule has 0 aliphatic carbocycles. The average molecular weight is 389 g/mol. The third kappa shape index (κ3) is 42.7. The molecule has 1 atom stereocenters. The van der Waals surface area contributed by atoms with Crippen molar-refractivity contribution in [3.63, 3.8) is 0 Å². The molecule has 0 spiro atoms. The quantitative estimate of drug-likeness (QED) is 0.323. The Bertz CT molecular complexity index is 312. The SMILES string of the molecule is C.C.CS(=O)CCCCN=C=S.CSCCCCN=C=S.O. The van der Waals surface area contributed by atoms with Crippen LogP contribution in [0, 0.1) is 0 Å².